The molecule has 2 N–H and O–H groups in total. The Morgan fingerprint density at radius 1 is 1.30 bits per heavy atom. The fraction of sp³-hybridized carbons (Fsp3) is 0.833. The Morgan fingerprint density at radius 2 is 1.90 bits per heavy atom. The van der Waals surface area contributed by atoms with Crippen molar-refractivity contribution in [3.8, 4) is 0 Å². The summed E-state index contributed by atoms with van der Waals surface area (Å²) in [6, 6.07) is 0. The molecule has 0 atom stereocenters. The molecule has 0 saturated heterocycles. The van der Waals surface area contributed by atoms with Crippen molar-refractivity contribution in [1.82, 2.24) is 0 Å². The number of hydrogen-bond acceptors (Lipinski definition) is 3. The van der Waals surface area contributed by atoms with E-state index in [-0.39, 0.29) is 18.8 Å². The van der Waals surface area contributed by atoms with Crippen LogP contribution in [0, 0.1) is 0 Å². The van der Waals surface area contributed by atoms with Crippen LogP contribution < -0.4 is 10.8 Å². The SMILES string of the molecule is Cl.NCCCCCC(=O)[O-]. The molecule has 3 nitrogen and oxygen atoms in total. The number of halogens is 1. The zero-order valence-electron chi connectivity index (χ0n) is 5.84. The minimum absolute atomic E-state index is 0. The smallest absolute Gasteiger partial charge is 0.0414 e. The summed E-state index contributed by atoms with van der Waals surface area (Å²) in [6.07, 6.45) is 2.66. The third-order valence-corrected chi connectivity index (χ3v) is 1.09. The maximum absolute atomic E-state index is 9.82. The minimum Gasteiger partial charge on any atom is -0.550 e. The predicted molar refractivity (Wildman–Crippen MR) is 39.8 cm³/mol. The number of carbonyl (C=O) groups excluding carboxylic acids is 1. The second kappa shape index (κ2) is 8.72. The third-order valence-electron chi connectivity index (χ3n) is 1.09. The Kier molecular flexibility index (Phi) is 10.8. The number of nitrogens with two attached hydrogens (primary N) is 1. The van der Waals surface area contributed by atoms with Crippen molar-refractivity contribution in [3.63, 3.8) is 0 Å². The standard InChI is InChI=1S/C6H13NO2.ClH/c7-5-3-1-2-4-6(8)9;/h1-5,7H2,(H,8,9);1H/p-1. The van der Waals surface area contributed by atoms with Gasteiger partial charge in [-0.15, -0.1) is 12.4 Å². The molecule has 0 radical (unpaired) electrons. The molecule has 4 heteroatoms. The lowest BCUT2D eigenvalue weighted by Crippen LogP contribution is -2.21. The van der Waals surface area contributed by atoms with Gasteiger partial charge >= 0.3 is 0 Å². The van der Waals surface area contributed by atoms with Crippen LogP contribution in [-0.2, 0) is 4.79 Å². The fourth-order valence-electron chi connectivity index (χ4n) is 0.590. The normalized spacial score (nSPS) is 8.50. The summed E-state index contributed by atoms with van der Waals surface area (Å²) < 4.78 is 0. The van der Waals surface area contributed by atoms with Crippen LogP contribution >= 0.6 is 12.4 Å². The van der Waals surface area contributed by atoms with Crippen molar-refractivity contribution in [1.29, 1.82) is 0 Å². The molecule has 0 amide bonds. The first-order chi connectivity index (χ1) is 4.27. The van der Waals surface area contributed by atoms with Gasteiger partial charge in [0, 0.05) is 5.97 Å². The second-order valence-electron chi connectivity index (χ2n) is 1.97. The van der Waals surface area contributed by atoms with E-state index in [2.05, 4.69) is 0 Å². The molecule has 0 heterocycles. The Morgan fingerprint density at radius 3 is 2.30 bits per heavy atom. The summed E-state index contributed by atoms with van der Waals surface area (Å²) in [5, 5.41) is 9.82. The molecule has 0 aromatic rings. The molecule has 10 heavy (non-hydrogen) atoms. The topological polar surface area (TPSA) is 66.2 Å². The van der Waals surface area contributed by atoms with Crippen molar-refractivity contribution in [2.45, 2.75) is 25.7 Å². The maximum Gasteiger partial charge on any atom is 0.0414 e. The van der Waals surface area contributed by atoms with E-state index in [0.29, 0.717) is 13.0 Å². The van der Waals surface area contributed by atoms with E-state index < -0.39 is 5.97 Å². The van der Waals surface area contributed by atoms with Crippen molar-refractivity contribution in [2.24, 2.45) is 5.73 Å². The highest BCUT2D eigenvalue weighted by Crippen LogP contribution is 1.96. The Bertz CT molecular complexity index is 87.8. The van der Waals surface area contributed by atoms with Crippen molar-refractivity contribution >= 4 is 18.4 Å². The molecule has 62 valence electrons. The molecule has 0 aromatic carbocycles. The van der Waals surface area contributed by atoms with Crippen LogP contribution in [0.15, 0.2) is 0 Å². The first-order valence-electron chi connectivity index (χ1n) is 3.17. The summed E-state index contributed by atoms with van der Waals surface area (Å²) in [4.78, 5) is 9.82. The number of carbonyl (C=O) groups is 1. The number of hydrogen-bond donors (Lipinski definition) is 1. The van der Waals surface area contributed by atoms with Crippen LogP contribution in [0.4, 0.5) is 0 Å². The van der Waals surface area contributed by atoms with Gasteiger partial charge in [0.25, 0.3) is 0 Å². The first-order valence-corrected chi connectivity index (χ1v) is 3.17. The van der Waals surface area contributed by atoms with Crippen LogP contribution in [-0.4, -0.2) is 12.5 Å². The number of carboxylic acid groups (broad SMARTS) is 1. The lowest BCUT2D eigenvalue weighted by atomic mass is 10.2. The quantitative estimate of drug-likeness (QED) is 0.570. The van der Waals surface area contributed by atoms with Crippen molar-refractivity contribution in [3.05, 3.63) is 0 Å². The van der Waals surface area contributed by atoms with Gasteiger partial charge in [-0.2, -0.15) is 0 Å². The van der Waals surface area contributed by atoms with Crippen LogP contribution in [0.5, 0.6) is 0 Å². The van der Waals surface area contributed by atoms with Crippen molar-refractivity contribution < 1.29 is 9.90 Å². The van der Waals surface area contributed by atoms with Gasteiger partial charge in [0.05, 0.1) is 0 Å². The number of aliphatic carboxylic acids is 1. The first kappa shape index (κ1) is 12.4. The molecular weight excluding hydrogens is 154 g/mol. The lowest BCUT2D eigenvalue weighted by Gasteiger charge is -1.99. The summed E-state index contributed by atoms with van der Waals surface area (Å²) in [5.74, 6) is -0.966. The maximum atomic E-state index is 9.82. The zero-order chi connectivity index (χ0) is 7.11. The van der Waals surface area contributed by atoms with Crippen LogP contribution in [0.1, 0.15) is 25.7 Å². The fourth-order valence-corrected chi connectivity index (χ4v) is 0.590. The predicted octanol–water partition coefficient (Wildman–Crippen LogP) is -0.323. The number of rotatable bonds is 5. The highest BCUT2D eigenvalue weighted by Gasteiger charge is 1.86. The number of carboxylic acids is 1. The Labute approximate surface area is 67.0 Å². The molecular formula is C6H13ClNO2-. The van der Waals surface area contributed by atoms with Gasteiger partial charge < -0.3 is 15.6 Å². The Balaban J connectivity index is 0. The monoisotopic (exact) mass is 166 g/mol. The van der Waals surface area contributed by atoms with Gasteiger partial charge in [0.1, 0.15) is 0 Å². The third kappa shape index (κ3) is 10.7. The Hall–Kier alpha value is -0.280. The average molecular weight is 167 g/mol. The second-order valence-corrected chi connectivity index (χ2v) is 1.97. The van der Waals surface area contributed by atoms with Crippen LogP contribution in [0.25, 0.3) is 0 Å². The van der Waals surface area contributed by atoms with E-state index in [0.717, 1.165) is 12.8 Å². The van der Waals surface area contributed by atoms with E-state index in [1.165, 1.54) is 0 Å². The van der Waals surface area contributed by atoms with Crippen molar-refractivity contribution in [2.75, 3.05) is 6.54 Å². The summed E-state index contributed by atoms with van der Waals surface area (Å²) >= 11 is 0. The lowest BCUT2D eigenvalue weighted by molar-refractivity contribution is -0.305. The molecule has 0 aliphatic rings. The molecule has 0 aliphatic heterocycles. The van der Waals surface area contributed by atoms with E-state index in [9.17, 15) is 9.90 Å². The van der Waals surface area contributed by atoms with Gasteiger partial charge in [-0.3, -0.25) is 0 Å². The summed E-state index contributed by atoms with van der Waals surface area (Å²) in [5.41, 5.74) is 5.18. The highest BCUT2D eigenvalue weighted by atomic mass is 35.5. The van der Waals surface area contributed by atoms with Gasteiger partial charge in [-0.05, 0) is 25.8 Å². The van der Waals surface area contributed by atoms with E-state index >= 15 is 0 Å². The molecule has 0 spiro atoms. The molecule has 0 unspecified atom stereocenters. The van der Waals surface area contributed by atoms with E-state index in [1.807, 2.05) is 0 Å². The molecule has 0 aliphatic carbocycles. The van der Waals surface area contributed by atoms with Crippen LogP contribution in [0.2, 0.25) is 0 Å². The highest BCUT2D eigenvalue weighted by molar-refractivity contribution is 5.85. The molecule has 0 aromatic heterocycles. The summed E-state index contributed by atoms with van der Waals surface area (Å²) in [7, 11) is 0. The van der Waals surface area contributed by atoms with E-state index in [4.69, 9.17) is 5.73 Å². The molecule has 0 fully saturated rings. The number of unbranched alkanes of at least 4 members (excludes halogenated alkanes) is 2. The molecule has 0 rings (SSSR count). The summed E-state index contributed by atoms with van der Waals surface area (Å²) in [6.45, 7) is 0.646. The average Bonchev–Trinajstić information content (AvgIpc) is 1.80. The van der Waals surface area contributed by atoms with Gasteiger partial charge in [0.15, 0.2) is 0 Å². The zero-order valence-corrected chi connectivity index (χ0v) is 6.65. The van der Waals surface area contributed by atoms with E-state index in [1.54, 1.807) is 0 Å². The van der Waals surface area contributed by atoms with Gasteiger partial charge in [-0.25, -0.2) is 0 Å². The minimum atomic E-state index is -0.966. The van der Waals surface area contributed by atoms with Gasteiger partial charge in [-0.1, -0.05) is 6.42 Å². The van der Waals surface area contributed by atoms with Gasteiger partial charge in [0.2, 0.25) is 0 Å². The molecule has 0 bridgehead atoms. The van der Waals surface area contributed by atoms with Crippen LogP contribution in [0.3, 0.4) is 0 Å². The largest absolute Gasteiger partial charge is 0.550 e. The molecule has 0 saturated carbocycles.